The summed E-state index contributed by atoms with van der Waals surface area (Å²) < 4.78 is 2.02. The second-order valence-corrected chi connectivity index (χ2v) is 4.21. The first-order valence-electron chi connectivity index (χ1n) is 5.22. The highest BCUT2D eigenvalue weighted by molar-refractivity contribution is 6.32. The standard InChI is InChI=1S/C14H9ClNO/c15-12-9-11(5-6-14(12)17)16-8-7-10-3-1-2-4-13(10)16/h2-9,17H. The second kappa shape index (κ2) is 3.82. The molecule has 3 heteroatoms. The van der Waals surface area contributed by atoms with Crippen molar-refractivity contribution >= 4 is 22.5 Å². The fourth-order valence-corrected chi connectivity index (χ4v) is 2.07. The van der Waals surface area contributed by atoms with Crippen LogP contribution in [-0.4, -0.2) is 9.67 Å². The van der Waals surface area contributed by atoms with Crippen molar-refractivity contribution in [2.45, 2.75) is 0 Å². The van der Waals surface area contributed by atoms with Crippen molar-refractivity contribution in [2.24, 2.45) is 0 Å². The molecule has 0 fully saturated rings. The van der Waals surface area contributed by atoms with Crippen LogP contribution in [0.3, 0.4) is 0 Å². The highest BCUT2D eigenvalue weighted by Crippen LogP contribution is 2.27. The lowest BCUT2D eigenvalue weighted by Crippen LogP contribution is -1.91. The number of aromatic hydroxyl groups is 1. The maximum absolute atomic E-state index is 9.41. The quantitative estimate of drug-likeness (QED) is 0.690. The predicted octanol–water partition coefficient (Wildman–Crippen LogP) is 3.79. The number of phenols is 1. The molecule has 1 radical (unpaired) electrons. The lowest BCUT2D eigenvalue weighted by Gasteiger charge is -2.06. The van der Waals surface area contributed by atoms with Crippen molar-refractivity contribution in [3.8, 4) is 11.4 Å². The smallest absolute Gasteiger partial charge is 0.134 e. The van der Waals surface area contributed by atoms with Crippen molar-refractivity contribution in [1.29, 1.82) is 0 Å². The molecule has 0 unspecified atom stereocenters. The van der Waals surface area contributed by atoms with Gasteiger partial charge in [0, 0.05) is 17.3 Å². The van der Waals surface area contributed by atoms with Gasteiger partial charge in [0.2, 0.25) is 0 Å². The van der Waals surface area contributed by atoms with Crippen molar-refractivity contribution in [1.82, 2.24) is 4.57 Å². The highest BCUT2D eigenvalue weighted by Gasteiger charge is 2.04. The van der Waals surface area contributed by atoms with E-state index in [2.05, 4.69) is 6.07 Å². The molecule has 0 bridgehead atoms. The van der Waals surface area contributed by atoms with Crippen LogP contribution in [0.2, 0.25) is 5.02 Å². The Morgan fingerprint density at radius 3 is 2.88 bits per heavy atom. The van der Waals surface area contributed by atoms with Gasteiger partial charge in [-0.1, -0.05) is 17.7 Å². The summed E-state index contributed by atoms with van der Waals surface area (Å²) in [5.74, 6) is 0.0974. The van der Waals surface area contributed by atoms with Crippen LogP contribution in [0, 0.1) is 6.07 Å². The summed E-state index contributed by atoms with van der Waals surface area (Å²) in [4.78, 5) is 0. The van der Waals surface area contributed by atoms with Crippen LogP contribution in [0.15, 0.2) is 48.7 Å². The average molecular weight is 243 g/mol. The normalized spacial score (nSPS) is 10.9. The molecule has 1 N–H and O–H groups in total. The summed E-state index contributed by atoms with van der Waals surface area (Å²) in [5.41, 5.74) is 2.01. The van der Waals surface area contributed by atoms with Gasteiger partial charge in [-0.25, -0.2) is 0 Å². The van der Waals surface area contributed by atoms with Crippen molar-refractivity contribution in [3.63, 3.8) is 0 Å². The maximum Gasteiger partial charge on any atom is 0.134 e. The Kier molecular flexibility index (Phi) is 2.30. The molecule has 83 valence electrons. The zero-order valence-corrected chi connectivity index (χ0v) is 9.65. The van der Waals surface area contributed by atoms with Gasteiger partial charge in [0.1, 0.15) is 5.75 Å². The number of hydrogen-bond acceptors (Lipinski definition) is 1. The second-order valence-electron chi connectivity index (χ2n) is 3.81. The van der Waals surface area contributed by atoms with E-state index in [-0.39, 0.29) is 5.75 Å². The van der Waals surface area contributed by atoms with Gasteiger partial charge >= 0.3 is 0 Å². The summed E-state index contributed by atoms with van der Waals surface area (Å²) in [6.45, 7) is 0. The van der Waals surface area contributed by atoms with Gasteiger partial charge < -0.3 is 9.67 Å². The Morgan fingerprint density at radius 2 is 2.06 bits per heavy atom. The van der Waals surface area contributed by atoms with Crippen molar-refractivity contribution in [3.05, 3.63) is 59.8 Å². The minimum absolute atomic E-state index is 0.0974. The Hall–Kier alpha value is -1.93. The predicted molar refractivity (Wildman–Crippen MR) is 68.8 cm³/mol. The van der Waals surface area contributed by atoms with Crippen LogP contribution >= 0.6 is 11.6 Å². The SMILES string of the molecule is Oc1ccc(-n2ccc3c[c]ccc32)cc1Cl. The summed E-state index contributed by atoms with van der Waals surface area (Å²) in [6, 6.07) is 16.0. The molecular weight excluding hydrogens is 234 g/mol. The summed E-state index contributed by atoms with van der Waals surface area (Å²) in [5, 5.41) is 10.9. The number of aromatic nitrogens is 1. The zero-order valence-electron chi connectivity index (χ0n) is 8.89. The van der Waals surface area contributed by atoms with E-state index in [1.165, 1.54) is 0 Å². The Labute approximate surface area is 104 Å². The number of fused-ring (bicyclic) bond motifs is 1. The van der Waals surface area contributed by atoms with E-state index in [1.807, 2.05) is 41.1 Å². The lowest BCUT2D eigenvalue weighted by atomic mass is 10.2. The first-order chi connectivity index (χ1) is 8.25. The van der Waals surface area contributed by atoms with Crippen molar-refractivity contribution < 1.29 is 5.11 Å². The first kappa shape index (κ1) is 10.2. The van der Waals surface area contributed by atoms with Gasteiger partial charge in [0.15, 0.2) is 0 Å². The van der Waals surface area contributed by atoms with E-state index in [4.69, 9.17) is 11.6 Å². The Morgan fingerprint density at radius 1 is 1.18 bits per heavy atom. The number of phenolic OH excluding ortho intramolecular Hbond substituents is 1. The van der Waals surface area contributed by atoms with Crippen LogP contribution in [0.4, 0.5) is 0 Å². The summed E-state index contributed by atoms with van der Waals surface area (Å²) in [6.07, 6.45) is 1.97. The number of hydrogen-bond donors (Lipinski definition) is 1. The molecule has 0 spiro atoms. The molecule has 0 saturated carbocycles. The molecule has 0 aliphatic carbocycles. The Balaban J connectivity index is 2.24. The molecule has 3 aromatic rings. The van der Waals surface area contributed by atoms with E-state index in [0.717, 1.165) is 16.6 Å². The number of halogens is 1. The summed E-state index contributed by atoms with van der Waals surface area (Å²) in [7, 11) is 0. The van der Waals surface area contributed by atoms with Gasteiger partial charge in [0.05, 0.1) is 10.5 Å². The fourth-order valence-electron chi connectivity index (χ4n) is 1.89. The fraction of sp³-hybridized carbons (Fsp3) is 0. The topological polar surface area (TPSA) is 25.2 Å². The molecule has 0 aliphatic heterocycles. The molecule has 0 amide bonds. The molecular formula is C14H9ClNO. The molecule has 17 heavy (non-hydrogen) atoms. The number of benzene rings is 2. The van der Waals surface area contributed by atoms with E-state index >= 15 is 0 Å². The van der Waals surface area contributed by atoms with E-state index < -0.39 is 0 Å². The van der Waals surface area contributed by atoms with E-state index in [1.54, 1.807) is 12.1 Å². The number of nitrogens with zero attached hydrogens (tertiary/aromatic N) is 1. The van der Waals surface area contributed by atoms with Gasteiger partial charge in [-0.15, -0.1) is 0 Å². The molecule has 3 rings (SSSR count). The molecule has 2 aromatic carbocycles. The maximum atomic E-state index is 9.41. The molecule has 0 saturated heterocycles. The van der Waals surface area contributed by atoms with E-state index in [0.29, 0.717) is 5.02 Å². The van der Waals surface area contributed by atoms with Crippen LogP contribution in [0.1, 0.15) is 0 Å². The van der Waals surface area contributed by atoms with Crippen LogP contribution in [0.25, 0.3) is 16.6 Å². The van der Waals surface area contributed by atoms with Crippen LogP contribution in [0.5, 0.6) is 5.75 Å². The van der Waals surface area contributed by atoms with Crippen LogP contribution in [-0.2, 0) is 0 Å². The first-order valence-corrected chi connectivity index (χ1v) is 5.59. The average Bonchev–Trinajstić information content (AvgIpc) is 2.76. The molecule has 0 aliphatic rings. The number of rotatable bonds is 1. The highest BCUT2D eigenvalue weighted by atomic mass is 35.5. The van der Waals surface area contributed by atoms with Gasteiger partial charge in [-0.3, -0.25) is 0 Å². The summed E-state index contributed by atoms with van der Waals surface area (Å²) >= 11 is 5.91. The molecule has 2 nitrogen and oxygen atoms in total. The largest absolute Gasteiger partial charge is 0.506 e. The third kappa shape index (κ3) is 1.67. The molecule has 1 aromatic heterocycles. The zero-order chi connectivity index (χ0) is 11.8. The third-order valence-corrected chi connectivity index (χ3v) is 3.05. The van der Waals surface area contributed by atoms with Gasteiger partial charge in [0.25, 0.3) is 0 Å². The van der Waals surface area contributed by atoms with Crippen LogP contribution < -0.4 is 0 Å². The molecule has 0 atom stereocenters. The minimum Gasteiger partial charge on any atom is -0.506 e. The van der Waals surface area contributed by atoms with E-state index in [9.17, 15) is 5.11 Å². The molecule has 1 heterocycles. The van der Waals surface area contributed by atoms with Crippen molar-refractivity contribution in [2.75, 3.05) is 0 Å². The third-order valence-electron chi connectivity index (χ3n) is 2.74. The van der Waals surface area contributed by atoms with Gasteiger partial charge in [-0.2, -0.15) is 0 Å². The lowest BCUT2D eigenvalue weighted by molar-refractivity contribution is 0.475. The monoisotopic (exact) mass is 242 g/mol. The minimum atomic E-state index is 0.0974. The van der Waals surface area contributed by atoms with Gasteiger partial charge in [-0.05, 0) is 42.5 Å². The Bertz CT molecular complexity index is 688.